The number of hydrogen-bond donors (Lipinski definition) is 2. The monoisotopic (exact) mass is 560 g/mol. The third-order valence-electron chi connectivity index (χ3n) is 6.12. The lowest BCUT2D eigenvalue weighted by Gasteiger charge is -2.42. The first kappa shape index (κ1) is 25.2. The van der Waals surface area contributed by atoms with Crippen LogP contribution in [0.25, 0.3) is 0 Å². The number of fused-ring (bicyclic) bond motifs is 1. The fraction of sp³-hybridized carbons (Fsp3) is 0.455. The van der Waals surface area contributed by atoms with Crippen molar-refractivity contribution in [2.45, 2.75) is 50.0 Å². The van der Waals surface area contributed by atoms with Crippen molar-refractivity contribution >= 4 is 21.6 Å². The predicted molar refractivity (Wildman–Crippen MR) is 110 cm³/mol. The Labute approximate surface area is 197 Å². The van der Waals surface area contributed by atoms with Gasteiger partial charge in [-0.25, -0.2) is 0 Å². The minimum absolute atomic E-state index is 0.0118. The SMILES string of the molecule is FC(F)(F)c1cc(CNC2c3cccc(Br)c3N[C@H](C3CC3)[C@@H]2C(F)(F)F)cc(C(F)(F)F)c1. The van der Waals surface area contributed by atoms with Gasteiger partial charge in [-0.1, -0.05) is 12.1 Å². The highest BCUT2D eigenvalue weighted by Crippen LogP contribution is 2.52. The lowest BCUT2D eigenvalue weighted by atomic mass is 9.79. The zero-order valence-electron chi connectivity index (χ0n) is 17.2. The number of halogens is 10. The topological polar surface area (TPSA) is 24.1 Å². The quantitative estimate of drug-likeness (QED) is 0.374. The van der Waals surface area contributed by atoms with Crippen LogP contribution >= 0.6 is 15.9 Å². The molecule has 2 nitrogen and oxygen atoms in total. The molecule has 0 saturated heterocycles. The Morgan fingerprint density at radius 1 is 0.882 bits per heavy atom. The van der Waals surface area contributed by atoms with Crippen LogP contribution in [0.2, 0.25) is 0 Å². The van der Waals surface area contributed by atoms with E-state index in [-0.39, 0.29) is 17.5 Å². The molecule has 1 saturated carbocycles. The molecule has 186 valence electrons. The number of hydrogen-bond acceptors (Lipinski definition) is 2. The third kappa shape index (κ3) is 5.17. The van der Waals surface area contributed by atoms with Crippen LogP contribution in [-0.4, -0.2) is 12.2 Å². The van der Waals surface area contributed by atoms with E-state index in [1.807, 2.05) is 0 Å². The molecule has 3 atom stereocenters. The number of anilines is 1. The van der Waals surface area contributed by atoms with Crippen LogP contribution in [0, 0.1) is 11.8 Å². The highest BCUT2D eigenvalue weighted by molar-refractivity contribution is 9.10. The smallest absolute Gasteiger partial charge is 0.380 e. The zero-order valence-corrected chi connectivity index (χ0v) is 18.8. The average molecular weight is 561 g/mol. The molecule has 1 aliphatic carbocycles. The van der Waals surface area contributed by atoms with Crippen LogP contribution in [0.3, 0.4) is 0 Å². The Kier molecular flexibility index (Phi) is 6.37. The first-order valence-electron chi connectivity index (χ1n) is 10.3. The van der Waals surface area contributed by atoms with Crippen molar-refractivity contribution < 1.29 is 39.5 Å². The van der Waals surface area contributed by atoms with E-state index >= 15 is 0 Å². The molecule has 0 bridgehead atoms. The molecule has 1 fully saturated rings. The highest BCUT2D eigenvalue weighted by Gasteiger charge is 2.56. The van der Waals surface area contributed by atoms with Crippen molar-refractivity contribution in [2.24, 2.45) is 11.8 Å². The van der Waals surface area contributed by atoms with Gasteiger partial charge in [-0.15, -0.1) is 0 Å². The average Bonchev–Trinajstić information content (AvgIpc) is 3.55. The van der Waals surface area contributed by atoms with Crippen molar-refractivity contribution in [3.05, 3.63) is 63.1 Å². The van der Waals surface area contributed by atoms with Gasteiger partial charge in [-0.05, 0) is 70.1 Å². The minimum atomic E-state index is -5.05. The van der Waals surface area contributed by atoms with E-state index in [9.17, 15) is 39.5 Å². The van der Waals surface area contributed by atoms with Crippen LogP contribution in [0.1, 0.15) is 41.1 Å². The van der Waals surface area contributed by atoms with E-state index in [0.29, 0.717) is 35.1 Å². The normalized spacial score (nSPS) is 23.4. The van der Waals surface area contributed by atoms with Gasteiger partial charge in [0.05, 0.1) is 22.7 Å². The molecule has 34 heavy (non-hydrogen) atoms. The molecule has 2 aromatic carbocycles. The lowest BCUT2D eigenvalue weighted by Crippen LogP contribution is -2.51. The van der Waals surface area contributed by atoms with Crippen LogP contribution in [0.4, 0.5) is 45.2 Å². The Morgan fingerprint density at radius 3 is 1.97 bits per heavy atom. The summed E-state index contributed by atoms with van der Waals surface area (Å²) in [5.41, 5.74) is -2.79. The van der Waals surface area contributed by atoms with E-state index in [4.69, 9.17) is 0 Å². The lowest BCUT2D eigenvalue weighted by molar-refractivity contribution is -0.190. The summed E-state index contributed by atoms with van der Waals surface area (Å²) in [6, 6.07) is 3.30. The van der Waals surface area contributed by atoms with Gasteiger partial charge in [0.2, 0.25) is 0 Å². The minimum Gasteiger partial charge on any atom is -0.380 e. The number of para-hydroxylation sites is 1. The molecular formula is C22H18BrF9N2. The molecule has 1 heterocycles. The molecule has 0 amide bonds. The first-order valence-corrected chi connectivity index (χ1v) is 11.1. The molecular weight excluding hydrogens is 543 g/mol. The fourth-order valence-corrected chi connectivity index (χ4v) is 4.95. The van der Waals surface area contributed by atoms with E-state index in [0.717, 1.165) is 0 Å². The van der Waals surface area contributed by atoms with Gasteiger partial charge < -0.3 is 10.6 Å². The second-order valence-electron chi connectivity index (χ2n) is 8.55. The molecule has 2 aliphatic rings. The molecule has 12 heteroatoms. The third-order valence-corrected chi connectivity index (χ3v) is 6.78. The fourth-order valence-electron chi connectivity index (χ4n) is 4.45. The van der Waals surface area contributed by atoms with E-state index in [2.05, 4.69) is 26.6 Å². The summed E-state index contributed by atoms with van der Waals surface area (Å²) >= 11 is 3.31. The van der Waals surface area contributed by atoms with E-state index in [1.165, 1.54) is 12.1 Å². The van der Waals surface area contributed by atoms with Gasteiger partial charge in [0.25, 0.3) is 0 Å². The summed E-state index contributed by atoms with van der Waals surface area (Å²) in [4.78, 5) is 0. The van der Waals surface area contributed by atoms with Gasteiger partial charge in [0, 0.05) is 23.1 Å². The summed E-state index contributed by atoms with van der Waals surface area (Å²) in [6.07, 6.45) is -13.6. The largest absolute Gasteiger partial charge is 0.416 e. The molecule has 0 radical (unpaired) electrons. The summed E-state index contributed by atoms with van der Waals surface area (Å²) in [5, 5.41) is 5.60. The maximum Gasteiger partial charge on any atom is 0.416 e. The Bertz CT molecular complexity index is 1030. The van der Waals surface area contributed by atoms with Crippen LogP contribution in [-0.2, 0) is 18.9 Å². The molecule has 2 N–H and O–H groups in total. The number of benzene rings is 2. The molecule has 2 aromatic rings. The Balaban J connectivity index is 1.73. The molecule has 0 spiro atoms. The van der Waals surface area contributed by atoms with Crippen molar-refractivity contribution in [3.8, 4) is 0 Å². The van der Waals surface area contributed by atoms with Crippen molar-refractivity contribution in [1.29, 1.82) is 0 Å². The highest BCUT2D eigenvalue weighted by atomic mass is 79.9. The first-order chi connectivity index (χ1) is 15.7. The maximum atomic E-state index is 14.2. The predicted octanol–water partition coefficient (Wildman–Crippen LogP) is 7.70. The van der Waals surface area contributed by atoms with E-state index < -0.39 is 59.8 Å². The number of alkyl halides is 9. The van der Waals surface area contributed by atoms with Gasteiger partial charge in [0.1, 0.15) is 0 Å². The van der Waals surface area contributed by atoms with Gasteiger partial charge in [0.15, 0.2) is 0 Å². The second-order valence-corrected chi connectivity index (χ2v) is 9.41. The van der Waals surface area contributed by atoms with Crippen molar-refractivity contribution in [2.75, 3.05) is 5.32 Å². The second kappa shape index (κ2) is 8.61. The molecule has 1 aliphatic heterocycles. The number of nitrogens with one attached hydrogen (secondary N) is 2. The molecule has 4 rings (SSSR count). The van der Waals surface area contributed by atoms with E-state index in [1.54, 1.807) is 6.07 Å². The summed E-state index contributed by atoms with van der Waals surface area (Å²) in [7, 11) is 0. The van der Waals surface area contributed by atoms with Gasteiger partial charge in [-0.2, -0.15) is 39.5 Å². The summed E-state index contributed by atoms with van der Waals surface area (Å²) in [5.74, 6) is -2.16. The summed E-state index contributed by atoms with van der Waals surface area (Å²) in [6.45, 7) is -0.617. The summed E-state index contributed by atoms with van der Waals surface area (Å²) < 4.78 is 122. The maximum absolute atomic E-state index is 14.2. The van der Waals surface area contributed by atoms with Crippen LogP contribution in [0.15, 0.2) is 40.9 Å². The zero-order chi connectivity index (χ0) is 25.1. The molecule has 0 aromatic heterocycles. The number of rotatable bonds is 4. The van der Waals surface area contributed by atoms with Crippen LogP contribution < -0.4 is 10.6 Å². The van der Waals surface area contributed by atoms with Crippen LogP contribution in [0.5, 0.6) is 0 Å². The van der Waals surface area contributed by atoms with Gasteiger partial charge in [-0.3, -0.25) is 0 Å². The van der Waals surface area contributed by atoms with Crippen molar-refractivity contribution in [1.82, 2.24) is 5.32 Å². The van der Waals surface area contributed by atoms with Crippen molar-refractivity contribution in [3.63, 3.8) is 0 Å². The Morgan fingerprint density at radius 2 is 1.47 bits per heavy atom. The molecule has 1 unspecified atom stereocenters. The van der Waals surface area contributed by atoms with Gasteiger partial charge >= 0.3 is 18.5 Å². The standard InChI is InChI=1S/C22H18BrF9N2/c23-15-3-1-2-14-18(15)34-17(11-4-5-11)16(22(30,31)32)19(14)33-9-10-6-12(20(24,25)26)8-13(7-10)21(27,28)29/h1-3,6-8,11,16-17,19,33-34H,4-5,9H2/t16-,17+,19?/m0/s1. The Hall–Kier alpha value is -1.95.